The molecule has 0 radical (unpaired) electrons. The number of nitrogens with zero attached hydrogens (tertiary/aromatic N) is 3. The Balaban J connectivity index is 1.99. The van der Waals surface area contributed by atoms with Gasteiger partial charge >= 0.3 is 0 Å². The van der Waals surface area contributed by atoms with Crippen LogP contribution in [0.1, 0.15) is 38.7 Å². The lowest BCUT2D eigenvalue weighted by molar-refractivity contribution is -0.121. The van der Waals surface area contributed by atoms with E-state index in [4.69, 9.17) is 0 Å². The van der Waals surface area contributed by atoms with Crippen LogP contribution in [0.4, 0.5) is 0 Å². The molecule has 0 bridgehead atoms. The van der Waals surface area contributed by atoms with Crippen molar-refractivity contribution in [3.05, 3.63) is 48.5 Å². The topological polar surface area (TPSA) is 59.3 Å². The summed E-state index contributed by atoms with van der Waals surface area (Å²) >= 11 is 0. The van der Waals surface area contributed by atoms with Crippen molar-refractivity contribution in [3.63, 3.8) is 0 Å². The monoisotopic (exact) mass is 284 g/mol. The number of amides is 1. The number of carbonyl (C=O) groups is 1. The van der Waals surface area contributed by atoms with Crippen molar-refractivity contribution >= 4 is 11.6 Å². The lowest BCUT2D eigenvalue weighted by atomic mass is 10.1. The van der Waals surface area contributed by atoms with E-state index in [1.54, 1.807) is 12.5 Å². The molecule has 0 atom stereocenters. The molecule has 0 aliphatic heterocycles. The number of nitrogens with one attached hydrogen (secondary N) is 1. The molecular weight excluding hydrogens is 264 g/mol. The highest BCUT2D eigenvalue weighted by Gasteiger charge is 2.02. The van der Waals surface area contributed by atoms with E-state index in [2.05, 4.69) is 22.4 Å². The normalized spacial score (nSPS) is 11.4. The zero-order valence-electron chi connectivity index (χ0n) is 12.4. The van der Waals surface area contributed by atoms with Gasteiger partial charge in [-0.15, -0.1) is 0 Å². The second-order valence-electron chi connectivity index (χ2n) is 4.85. The number of unbranched alkanes of at least 4 members (excludes halogenated alkanes) is 1. The fourth-order valence-corrected chi connectivity index (χ4v) is 1.89. The summed E-state index contributed by atoms with van der Waals surface area (Å²) < 4.78 is 1.93. The molecule has 1 amide bonds. The van der Waals surface area contributed by atoms with Gasteiger partial charge in [0.2, 0.25) is 5.91 Å². The van der Waals surface area contributed by atoms with Crippen LogP contribution in [0, 0.1) is 0 Å². The largest absolute Gasteiger partial charge is 0.306 e. The maximum absolute atomic E-state index is 11.5. The standard InChI is InChI=1S/C16H20N4O/c1-3-4-5-16(21)19-18-13(2)14-6-8-15(9-7-14)20-11-10-17-12-20/h6-12H,3-5H2,1-2H3,(H,19,21)/b18-13+. The number of hydrazone groups is 1. The Morgan fingerprint density at radius 3 is 2.71 bits per heavy atom. The number of aromatic nitrogens is 2. The summed E-state index contributed by atoms with van der Waals surface area (Å²) in [6.45, 7) is 3.94. The molecule has 21 heavy (non-hydrogen) atoms. The number of imidazole rings is 1. The van der Waals surface area contributed by atoms with Crippen LogP contribution in [-0.4, -0.2) is 21.2 Å². The quantitative estimate of drug-likeness (QED) is 0.655. The average molecular weight is 284 g/mol. The molecule has 0 saturated heterocycles. The molecule has 1 N–H and O–H groups in total. The molecule has 110 valence electrons. The summed E-state index contributed by atoms with van der Waals surface area (Å²) in [6.07, 6.45) is 7.80. The number of rotatable bonds is 6. The van der Waals surface area contributed by atoms with E-state index in [-0.39, 0.29) is 5.91 Å². The summed E-state index contributed by atoms with van der Waals surface area (Å²) in [5.41, 5.74) is 5.40. The maximum Gasteiger partial charge on any atom is 0.240 e. The Bertz CT molecular complexity index is 600. The molecular formula is C16H20N4O. The van der Waals surface area contributed by atoms with Crippen LogP contribution >= 0.6 is 0 Å². The number of carbonyl (C=O) groups excluding carboxylic acids is 1. The lowest BCUT2D eigenvalue weighted by Crippen LogP contribution is -2.18. The van der Waals surface area contributed by atoms with Gasteiger partial charge in [-0.3, -0.25) is 4.79 Å². The second kappa shape index (κ2) is 7.38. The first-order chi connectivity index (χ1) is 10.2. The van der Waals surface area contributed by atoms with Gasteiger partial charge in [0, 0.05) is 24.5 Å². The van der Waals surface area contributed by atoms with Crippen molar-refractivity contribution < 1.29 is 4.79 Å². The molecule has 5 nitrogen and oxygen atoms in total. The SMILES string of the molecule is CCCCC(=O)N/N=C(\C)c1ccc(-n2ccnc2)cc1. The van der Waals surface area contributed by atoms with E-state index in [9.17, 15) is 4.79 Å². The van der Waals surface area contributed by atoms with Crippen LogP contribution in [0.3, 0.4) is 0 Å². The Morgan fingerprint density at radius 2 is 2.10 bits per heavy atom. The third-order valence-corrected chi connectivity index (χ3v) is 3.19. The predicted octanol–water partition coefficient (Wildman–Crippen LogP) is 2.90. The van der Waals surface area contributed by atoms with E-state index in [1.807, 2.05) is 42.0 Å². The molecule has 1 aromatic carbocycles. The number of hydrogen-bond donors (Lipinski definition) is 1. The van der Waals surface area contributed by atoms with E-state index in [0.717, 1.165) is 29.8 Å². The smallest absolute Gasteiger partial charge is 0.240 e. The fourth-order valence-electron chi connectivity index (χ4n) is 1.89. The number of hydrogen-bond acceptors (Lipinski definition) is 3. The molecule has 0 aliphatic rings. The Kier molecular flexibility index (Phi) is 5.26. The van der Waals surface area contributed by atoms with Gasteiger partial charge in [-0.1, -0.05) is 25.5 Å². The van der Waals surface area contributed by atoms with Crippen molar-refractivity contribution in [2.24, 2.45) is 5.10 Å². The van der Waals surface area contributed by atoms with Crippen LogP contribution in [-0.2, 0) is 4.79 Å². The Hall–Kier alpha value is -2.43. The molecule has 0 fully saturated rings. The molecule has 0 saturated carbocycles. The third-order valence-electron chi connectivity index (χ3n) is 3.19. The molecule has 5 heteroatoms. The van der Waals surface area contributed by atoms with Gasteiger partial charge in [0.05, 0.1) is 12.0 Å². The molecule has 0 spiro atoms. The van der Waals surface area contributed by atoms with Gasteiger partial charge in [0.1, 0.15) is 0 Å². The maximum atomic E-state index is 11.5. The van der Waals surface area contributed by atoms with Gasteiger partial charge in [0.25, 0.3) is 0 Å². The summed E-state index contributed by atoms with van der Waals surface area (Å²) in [6, 6.07) is 7.95. The first kappa shape index (κ1) is 15.0. The molecule has 0 unspecified atom stereocenters. The molecule has 1 heterocycles. The minimum atomic E-state index is -0.0359. The summed E-state index contributed by atoms with van der Waals surface area (Å²) in [4.78, 5) is 15.5. The molecule has 2 rings (SSSR count). The third kappa shape index (κ3) is 4.27. The van der Waals surface area contributed by atoms with Gasteiger partial charge in [-0.2, -0.15) is 5.10 Å². The second-order valence-corrected chi connectivity index (χ2v) is 4.85. The summed E-state index contributed by atoms with van der Waals surface area (Å²) in [7, 11) is 0. The number of benzene rings is 1. The van der Waals surface area contributed by atoms with Crippen LogP contribution in [0.2, 0.25) is 0 Å². The van der Waals surface area contributed by atoms with Gasteiger partial charge in [-0.05, 0) is 31.0 Å². The summed E-state index contributed by atoms with van der Waals surface area (Å²) in [5.74, 6) is -0.0359. The lowest BCUT2D eigenvalue weighted by Gasteiger charge is -2.05. The average Bonchev–Trinajstić information content (AvgIpc) is 3.05. The minimum absolute atomic E-state index is 0.0359. The highest BCUT2D eigenvalue weighted by atomic mass is 16.2. The van der Waals surface area contributed by atoms with E-state index >= 15 is 0 Å². The van der Waals surface area contributed by atoms with E-state index in [0.29, 0.717) is 6.42 Å². The highest BCUT2D eigenvalue weighted by molar-refractivity contribution is 5.99. The zero-order chi connectivity index (χ0) is 15.1. The molecule has 0 aliphatic carbocycles. The van der Waals surface area contributed by atoms with Gasteiger partial charge in [-0.25, -0.2) is 10.4 Å². The minimum Gasteiger partial charge on any atom is -0.306 e. The van der Waals surface area contributed by atoms with E-state index < -0.39 is 0 Å². The van der Waals surface area contributed by atoms with Gasteiger partial charge in [0.15, 0.2) is 0 Å². The van der Waals surface area contributed by atoms with Crippen molar-refractivity contribution in [1.29, 1.82) is 0 Å². The summed E-state index contributed by atoms with van der Waals surface area (Å²) in [5, 5.41) is 4.14. The van der Waals surface area contributed by atoms with Crippen molar-refractivity contribution in [3.8, 4) is 5.69 Å². The van der Waals surface area contributed by atoms with Crippen molar-refractivity contribution in [2.75, 3.05) is 0 Å². The van der Waals surface area contributed by atoms with Crippen LogP contribution < -0.4 is 5.43 Å². The fraction of sp³-hybridized carbons (Fsp3) is 0.312. The van der Waals surface area contributed by atoms with Gasteiger partial charge < -0.3 is 4.57 Å². The highest BCUT2D eigenvalue weighted by Crippen LogP contribution is 2.10. The molecule has 1 aromatic heterocycles. The zero-order valence-corrected chi connectivity index (χ0v) is 12.4. The first-order valence-electron chi connectivity index (χ1n) is 7.12. The van der Waals surface area contributed by atoms with Crippen molar-refractivity contribution in [1.82, 2.24) is 15.0 Å². The molecule has 2 aromatic rings. The van der Waals surface area contributed by atoms with Crippen LogP contribution in [0.25, 0.3) is 5.69 Å². The van der Waals surface area contributed by atoms with E-state index in [1.165, 1.54) is 0 Å². The van der Waals surface area contributed by atoms with Crippen molar-refractivity contribution in [2.45, 2.75) is 33.1 Å². The first-order valence-corrected chi connectivity index (χ1v) is 7.12. The van der Waals surface area contributed by atoms with Crippen LogP contribution in [0.15, 0.2) is 48.1 Å². The van der Waals surface area contributed by atoms with Crippen LogP contribution in [0.5, 0.6) is 0 Å². The Labute approximate surface area is 124 Å². The Morgan fingerprint density at radius 1 is 1.33 bits per heavy atom. The predicted molar refractivity (Wildman–Crippen MR) is 83.4 cm³/mol.